The third kappa shape index (κ3) is 4.22. The molecule has 0 spiro atoms. The van der Waals surface area contributed by atoms with Crippen molar-refractivity contribution in [2.45, 2.75) is 37.2 Å². The molecular weight excluding hydrogens is 452 g/mol. The van der Waals surface area contributed by atoms with E-state index < -0.39 is 0 Å². The SMILES string of the molecule is CCc1ccc(-c2noc(CSc3nnc4n(CCCOC)c(=O)c5ccccc5n34)n2)cc1. The van der Waals surface area contributed by atoms with Crippen molar-refractivity contribution in [3.8, 4) is 11.4 Å². The maximum atomic E-state index is 13.1. The minimum absolute atomic E-state index is 0.0845. The Morgan fingerprint density at radius 1 is 1.09 bits per heavy atom. The number of nitrogens with zero attached hydrogens (tertiary/aromatic N) is 6. The molecule has 0 atom stereocenters. The van der Waals surface area contributed by atoms with E-state index in [9.17, 15) is 4.79 Å². The van der Waals surface area contributed by atoms with Crippen LogP contribution in [0.1, 0.15) is 24.8 Å². The normalized spacial score (nSPS) is 11.6. The third-order valence-corrected chi connectivity index (χ3v) is 6.54. The van der Waals surface area contributed by atoms with Gasteiger partial charge in [0.1, 0.15) is 0 Å². The van der Waals surface area contributed by atoms with Crippen LogP contribution in [0.4, 0.5) is 0 Å². The Hall–Kier alpha value is -3.50. The Kier molecular flexibility index (Phi) is 6.41. The number of aromatic nitrogens is 6. The fraction of sp³-hybridized carbons (Fsp3) is 0.292. The molecular formula is C24H24N6O3S. The summed E-state index contributed by atoms with van der Waals surface area (Å²) in [6.07, 6.45) is 1.68. The van der Waals surface area contributed by atoms with E-state index in [1.54, 1.807) is 11.7 Å². The van der Waals surface area contributed by atoms with Crippen LogP contribution in [-0.4, -0.2) is 43.0 Å². The number of thioether (sulfide) groups is 1. The molecule has 0 aliphatic rings. The van der Waals surface area contributed by atoms with E-state index in [4.69, 9.17) is 9.26 Å². The molecule has 34 heavy (non-hydrogen) atoms. The highest BCUT2D eigenvalue weighted by atomic mass is 32.2. The summed E-state index contributed by atoms with van der Waals surface area (Å²) in [5, 5.41) is 14.1. The fourth-order valence-electron chi connectivity index (χ4n) is 3.84. The molecule has 0 aliphatic carbocycles. The number of hydrogen-bond donors (Lipinski definition) is 0. The van der Waals surface area contributed by atoms with Gasteiger partial charge in [-0.15, -0.1) is 10.2 Å². The maximum absolute atomic E-state index is 13.1. The van der Waals surface area contributed by atoms with E-state index in [1.807, 2.05) is 40.8 Å². The second-order valence-electron chi connectivity index (χ2n) is 7.79. The molecule has 174 valence electrons. The molecule has 0 saturated carbocycles. The van der Waals surface area contributed by atoms with Gasteiger partial charge in [-0.25, -0.2) is 0 Å². The van der Waals surface area contributed by atoms with Gasteiger partial charge in [0.25, 0.3) is 5.56 Å². The summed E-state index contributed by atoms with van der Waals surface area (Å²) in [4.78, 5) is 17.6. The predicted octanol–water partition coefficient (Wildman–Crippen LogP) is 3.99. The van der Waals surface area contributed by atoms with E-state index >= 15 is 0 Å². The molecule has 10 heteroatoms. The molecule has 0 N–H and O–H groups in total. The molecule has 5 rings (SSSR count). The largest absolute Gasteiger partial charge is 0.385 e. The van der Waals surface area contributed by atoms with Crippen molar-refractivity contribution in [3.63, 3.8) is 0 Å². The fourth-order valence-corrected chi connectivity index (χ4v) is 4.62. The van der Waals surface area contributed by atoms with Gasteiger partial charge in [0.05, 0.1) is 16.7 Å². The van der Waals surface area contributed by atoms with Gasteiger partial charge in [0.15, 0.2) is 5.16 Å². The van der Waals surface area contributed by atoms with Crippen LogP contribution in [0.5, 0.6) is 0 Å². The van der Waals surface area contributed by atoms with Crippen LogP contribution in [0, 0.1) is 0 Å². The second kappa shape index (κ2) is 9.78. The Morgan fingerprint density at radius 2 is 1.91 bits per heavy atom. The third-order valence-electron chi connectivity index (χ3n) is 5.62. The first-order chi connectivity index (χ1) is 16.7. The van der Waals surface area contributed by atoms with Gasteiger partial charge in [-0.3, -0.25) is 13.8 Å². The molecule has 0 radical (unpaired) electrons. The highest BCUT2D eigenvalue weighted by Gasteiger charge is 2.18. The first kappa shape index (κ1) is 22.3. The average Bonchev–Trinajstić information content (AvgIpc) is 3.52. The molecule has 0 amide bonds. The molecule has 0 bridgehead atoms. The van der Waals surface area contributed by atoms with Gasteiger partial charge in [-0.2, -0.15) is 4.98 Å². The minimum Gasteiger partial charge on any atom is -0.385 e. The van der Waals surface area contributed by atoms with Crippen LogP contribution in [-0.2, 0) is 23.5 Å². The van der Waals surface area contributed by atoms with Crippen molar-refractivity contribution in [2.75, 3.05) is 13.7 Å². The summed E-state index contributed by atoms with van der Waals surface area (Å²) in [6.45, 7) is 3.17. The monoisotopic (exact) mass is 476 g/mol. The number of rotatable bonds is 9. The zero-order valence-electron chi connectivity index (χ0n) is 19.0. The van der Waals surface area contributed by atoms with E-state index in [-0.39, 0.29) is 5.56 Å². The van der Waals surface area contributed by atoms with Crippen molar-refractivity contribution >= 4 is 28.4 Å². The van der Waals surface area contributed by atoms with Gasteiger partial charge < -0.3 is 9.26 Å². The van der Waals surface area contributed by atoms with Gasteiger partial charge in [-0.1, -0.05) is 60.2 Å². The summed E-state index contributed by atoms with van der Waals surface area (Å²) >= 11 is 1.44. The lowest BCUT2D eigenvalue weighted by atomic mass is 10.1. The molecule has 0 saturated heterocycles. The van der Waals surface area contributed by atoms with E-state index in [0.717, 1.165) is 17.5 Å². The quantitative estimate of drug-likeness (QED) is 0.233. The molecule has 5 aromatic rings. The lowest BCUT2D eigenvalue weighted by molar-refractivity contribution is 0.190. The standard InChI is InChI=1S/C24H24N6O3S/c1-3-16-9-11-17(12-10-16)21-25-20(33-28-21)15-34-24-27-26-23-29(13-6-14-32-2)22(31)18-7-4-5-8-19(18)30(23)24/h4-5,7-12H,3,6,13-15H2,1-2H3. The highest BCUT2D eigenvalue weighted by Crippen LogP contribution is 2.25. The van der Waals surface area contributed by atoms with Crippen LogP contribution < -0.4 is 5.56 Å². The van der Waals surface area contributed by atoms with E-state index in [0.29, 0.717) is 53.4 Å². The number of hydrogen-bond acceptors (Lipinski definition) is 8. The van der Waals surface area contributed by atoms with Crippen molar-refractivity contribution in [1.29, 1.82) is 0 Å². The average molecular weight is 477 g/mol. The summed E-state index contributed by atoms with van der Waals surface area (Å²) in [5.41, 5.74) is 2.85. The van der Waals surface area contributed by atoms with E-state index in [2.05, 4.69) is 39.4 Å². The van der Waals surface area contributed by atoms with Crippen LogP contribution in [0.3, 0.4) is 0 Å². The van der Waals surface area contributed by atoms with Crippen molar-refractivity contribution in [2.24, 2.45) is 0 Å². The van der Waals surface area contributed by atoms with Gasteiger partial charge in [-0.05, 0) is 30.5 Å². The Bertz CT molecular complexity index is 1490. The highest BCUT2D eigenvalue weighted by molar-refractivity contribution is 7.98. The zero-order chi connectivity index (χ0) is 23.5. The molecule has 9 nitrogen and oxygen atoms in total. The number of aryl methyl sites for hydroxylation is 2. The molecule has 2 aromatic carbocycles. The topological polar surface area (TPSA) is 100 Å². The van der Waals surface area contributed by atoms with Crippen LogP contribution >= 0.6 is 11.8 Å². The number of para-hydroxylation sites is 1. The van der Waals surface area contributed by atoms with Crippen molar-refractivity contribution in [1.82, 2.24) is 29.3 Å². The predicted molar refractivity (Wildman–Crippen MR) is 130 cm³/mol. The molecule has 3 aromatic heterocycles. The molecule has 3 heterocycles. The summed E-state index contributed by atoms with van der Waals surface area (Å²) in [5.74, 6) is 1.98. The minimum atomic E-state index is -0.0845. The number of fused-ring (bicyclic) bond motifs is 3. The molecule has 0 fully saturated rings. The number of benzene rings is 2. The molecule has 0 unspecified atom stereocenters. The summed E-state index contributed by atoms with van der Waals surface area (Å²) in [7, 11) is 1.65. The Morgan fingerprint density at radius 3 is 2.71 bits per heavy atom. The van der Waals surface area contributed by atoms with Crippen molar-refractivity contribution in [3.05, 3.63) is 70.3 Å². The number of ether oxygens (including phenoxy) is 1. The van der Waals surface area contributed by atoms with E-state index in [1.165, 1.54) is 17.3 Å². The first-order valence-electron chi connectivity index (χ1n) is 11.1. The van der Waals surface area contributed by atoms with Gasteiger partial charge >= 0.3 is 0 Å². The lowest BCUT2D eigenvalue weighted by Crippen LogP contribution is -2.24. The smallest absolute Gasteiger partial charge is 0.262 e. The first-order valence-corrected chi connectivity index (χ1v) is 12.1. The van der Waals surface area contributed by atoms with Crippen molar-refractivity contribution < 1.29 is 9.26 Å². The number of methoxy groups -OCH3 is 1. The lowest BCUT2D eigenvalue weighted by Gasteiger charge is -2.10. The molecule has 0 aliphatic heterocycles. The maximum Gasteiger partial charge on any atom is 0.262 e. The Labute approximate surface area is 199 Å². The van der Waals surface area contributed by atoms with Gasteiger partial charge in [0.2, 0.25) is 17.5 Å². The Balaban J connectivity index is 1.44. The van der Waals surface area contributed by atoms with Crippen LogP contribution in [0.2, 0.25) is 0 Å². The van der Waals surface area contributed by atoms with Crippen LogP contribution in [0.15, 0.2) is 63.0 Å². The summed E-state index contributed by atoms with van der Waals surface area (Å²) < 4.78 is 14.2. The summed E-state index contributed by atoms with van der Waals surface area (Å²) in [6, 6.07) is 15.6. The zero-order valence-corrected chi connectivity index (χ0v) is 19.8. The van der Waals surface area contributed by atoms with Gasteiger partial charge in [0, 0.05) is 25.8 Å². The second-order valence-corrected chi connectivity index (χ2v) is 8.73. The van der Waals surface area contributed by atoms with Crippen LogP contribution in [0.25, 0.3) is 28.1 Å².